The predicted molar refractivity (Wildman–Crippen MR) is 130 cm³/mol. The molecule has 0 radical (unpaired) electrons. The van der Waals surface area contributed by atoms with Crippen molar-refractivity contribution in [1.82, 2.24) is 0 Å². The Morgan fingerprint density at radius 3 is 1.14 bits per heavy atom. The van der Waals surface area contributed by atoms with Crippen LogP contribution >= 0.6 is 16.5 Å². The van der Waals surface area contributed by atoms with E-state index in [4.69, 9.17) is 0 Å². The zero-order chi connectivity index (χ0) is 19.4. The maximum Gasteiger partial charge on any atom is 0 e. The molecule has 4 aromatic carbocycles. The van der Waals surface area contributed by atoms with Gasteiger partial charge in [0, 0.05) is 16.5 Å². The molecule has 0 nitrogen and oxygen atoms in total. The molecule has 0 aromatic heterocycles. The van der Waals surface area contributed by atoms with Crippen LogP contribution in [0, 0.1) is 0 Å². The molecule has 0 saturated carbocycles. The van der Waals surface area contributed by atoms with Gasteiger partial charge in [-0.05, 0) is 35.3 Å². The van der Waals surface area contributed by atoms with Crippen molar-refractivity contribution >= 4 is 37.7 Å². The fourth-order valence-electron chi connectivity index (χ4n) is 2.94. The molecule has 0 aliphatic heterocycles. The number of benzene rings is 4. The summed E-state index contributed by atoms with van der Waals surface area (Å²) in [5.41, 5.74) is 0. The van der Waals surface area contributed by atoms with Gasteiger partial charge < -0.3 is 0 Å². The second-order valence-corrected chi connectivity index (χ2v) is 10.2. The molecule has 0 N–H and O–H groups in total. The maximum atomic E-state index is 2.27. The Labute approximate surface area is 188 Å². The van der Waals surface area contributed by atoms with E-state index in [0.717, 1.165) is 8.58 Å². The van der Waals surface area contributed by atoms with Crippen LogP contribution in [0.2, 0.25) is 0 Å². The first-order valence-corrected chi connectivity index (χ1v) is 12.1. The van der Waals surface area contributed by atoms with E-state index in [1.807, 2.05) is 0 Å². The molecule has 4 aromatic rings. The van der Waals surface area contributed by atoms with Crippen molar-refractivity contribution in [2.45, 2.75) is 6.92 Å². The van der Waals surface area contributed by atoms with Crippen molar-refractivity contribution < 1.29 is 16.5 Å². The third-order valence-electron chi connectivity index (χ3n) is 4.29. The zero-order valence-electron chi connectivity index (χ0n) is 16.5. The molecule has 0 aliphatic rings. The van der Waals surface area contributed by atoms with E-state index in [1.54, 1.807) is 0 Å². The minimum absolute atomic E-state index is 0. The number of hydrogen-bond donors (Lipinski definition) is 0. The van der Waals surface area contributed by atoms with E-state index in [-0.39, 0.29) is 24.4 Å². The Morgan fingerprint density at radius 2 is 0.828 bits per heavy atom. The monoisotopic (exact) mass is 458 g/mol. The smallest absolute Gasteiger partial charge is 0 e. The first kappa shape index (κ1) is 23.5. The van der Waals surface area contributed by atoms with E-state index >= 15 is 0 Å². The normalized spacial score (nSPS) is 9.86. The second kappa shape index (κ2) is 13.5. The molecule has 0 atom stereocenters. The fraction of sp³-hybridized carbons (Fsp3) is 0.0769. The first-order valence-electron chi connectivity index (χ1n) is 9.61. The van der Waals surface area contributed by atoms with Gasteiger partial charge in [-0.2, -0.15) is 0 Å². The number of rotatable bonds is 5. The third-order valence-corrected chi connectivity index (χ3v) is 8.01. The molecule has 0 saturated heterocycles. The van der Waals surface area contributed by atoms with Gasteiger partial charge in [0.2, 0.25) is 0 Å². The number of hydrogen-bond acceptors (Lipinski definition) is 0. The minimum atomic E-state index is -0.149. The van der Waals surface area contributed by atoms with Crippen molar-refractivity contribution in [1.29, 1.82) is 0 Å². The van der Waals surface area contributed by atoms with Crippen LogP contribution in [0.15, 0.2) is 121 Å². The van der Waals surface area contributed by atoms with Gasteiger partial charge in [-0.1, -0.05) is 137 Å². The molecule has 3 heteroatoms. The van der Waals surface area contributed by atoms with Crippen LogP contribution in [0.25, 0.3) is 0 Å². The maximum absolute atomic E-state index is 2.27. The van der Waals surface area contributed by atoms with Gasteiger partial charge in [-0.3, -0.25) is 0 Å². The Morgan fingerprint density at radius 1 is 0.517 bits per heavy atom. The Kier molecular flexibility index (Phi) is 10.9. The summed E-state index contributed by atoms with van der Waals surface area (Å²) in [6.07, 6.45) is 1.21. The molecular formula is C26H26NiP2. The summed E-state index contributed by atoms with van der Waals surface area (Å²) in [5.74, 6) is 0. The minimum Gasteiger partial charge on any atom is -0.0622 e. The van der Waals surface area contributed by atoms with Gasteiger partial charge in [0.05, 0.1) is 0 Å². The van der Waals surface area contributed by atoms with Crippen molar-refractivity contribution in [3.8, 4) is 0 Å². The molecule has 150 valence electrons. The molecule has 29 heavy (non-hydrogen) atoms. The second-order valence-electron chi connectivity index (χ2n) is 6.27. The average Bonchev–Trinajstić information content (AvgIpc) is 2.78. The van der Waals surface area contributed by atoms with Crippen LogP contribution in [0.4, 0.5) is 0 Å². The van der Waals surface area contributed by atoms with Gasteiger partial charge in [-0.15, -0.1) is 0 Å². The van der Waals surface area contributed by atoms with Crippen LogP contribution in [0.3, 0.4) is 0 Å². The standard InChI is InChI=1S/C14H15P.C12H11P.Ni/c1-2-15(13-9-5-3-6-10-13)14-11-7-4-8-12-14;1-3-7-11(8-4-1)13-12-9-5-2-6-10-12;/h3-12H,2H2,1H3;1-10,13H;. The average molecular weight is 459 g/mol. The SMILES string of the molecule is CCP(c1ccccc1)c1ccccc1.[Ni].c1ccc(Pc2ccccc2)cc1. The third kappa shape index (κ3) is 7.87. The molecule has 0 fully saturated rings. The van der Waals surface area contributed by atoms with Crippen molar-refractivity contribution in [3.05, 3.63) is 121 Å². The van der Waals surface area contributed by atoms with Gasteiger partial charge in [0.1, 0.15) is 0 Å². The summed E-state index contributed by atoms with van der Waals surface area (Å²) >= 11 is 0. The molecule has 0 amide bonds. The van der Waals surface area contributed by atoms with E-state index in [9.17, 15) is 0 Å². The van der Waals surface area contributed by atoms with Crippen molar-refractivity contribution in [2.75, 3.05) is 6.16 Å². The quantitative estimate of drug-likeness (QED) is 0.275. The summed E-state index contributed by atoms with van der Waals surface area (Å²) in [5, 5.41) is 5.74. The van der Waals surface area contributed by atoms with E-state index in [2.05, 4.69) is 128 Å². The molecule has 0 spiro atoms. The molecule has 0 unspecified atom stereocenters. The Balaban J connectivity index is 0.000000202. The van der Waals surface area contributed by atoms with Gasteiger partial charge >= 0.3 is 0 Å². The molecule has 4 rings (SSSR count). The first-order chi connectivity index (χ1) is 13.9. The van der Waals surface area contributed by atoms with Crippen LogP contribution in [0.1, 0.15) is 6.92 Å². The van der Waals surface area contributed by atoms with E-state index in [1.165, 1.54) is 27.4 Å². The topological polar surface area (TPSA) is 0 Å². The zero-order valence-corrected chi connectivity index (χ0v) is 19.4. The van der Waals surface area contributed by atoms with Crippen LogP contribution in [-0.2, 0) is 16.5 Å². The van der Waals surface area contributed by atoms with Gasteiger partial charge in [-0.25, -0.2) is 0 Å². The molecule has 0 heterocycles. The van der Waals surface area contributed by atoms with Crippen molar-refractivity contribution in [2.24, 2.45) is 0 Å². The fourth-order valence-corrected chi connectivity index (χ4v) is 6.08. The van der Waals surface area contributed by atoms with Gasteiger partial charge in [0.15, 0.2) is 0 Å². The summed E-state index contributed by atoms with van der Waals surface area (Å²) in [4.78, 5) is 0. The van der Waals surface area contributed by atoms with Gasteiger partial charge in [0.25, 0.3) is 0 Å². The summed E-state index contributed by atoms with van der Waals surface area (Å²) in [6.45, 7) is 2.27. The Bertz CT molecular complexity index is 837. The van der Waals surface area contributed by atoms with E-state index in [0.29, 0.717) is 0 Å². The predicted octanol–water partition coefficient (Wildman–Crippen LogP) is 5.45. The van der Waals surface area contributed by atoms with E-state index < -0.39 is 0 Å². The molecule has 0 aliphatic carbocycles. The molecular weight excluding hydrogens is 433 g/mol. The molecule has 0 bridgehead atoms. The summed E-state index contributed by atoms with van der Waals surface area (Å²) < 4.78 is 0. The summed E-state index contributed by atoms with van der Waals surface area (Å²) in [7, 11) is 0.628. The summed E-state index contributed by atoms with van der Waals surface area (Å²) in [6, 6.07) is 42.8. The largest absolute Gasteiger partial charge is 0.0622 e. The van der Waals surface area contributed by atoms with Crippen LogP contribution in [-0.4, -0.2) is 6.16 Å². The Hall–Kier alpha value is -1.77. The van der Waals surface area contributed by atoms with Crippen LogP contribution in [0.5, 0.6) is 0 Å². The van der Waals surface area contributed by atoms with Crippen molar-refractivity contribution in [3.63, 3.8) is 0 Å². The van der Waals surface area contributed by atoms with Crippen LogP contribution < -0.4 is 21.2 Å².